The van der Waals surface area contributed by atoms with Crippen LogP contribution in [0.1, 0.15) is 25.0 Å². The Kier molecular flexibility index (Phi) is 4.78. The maximum absolute atomic E-state index is 5.72. The first-order valence-electron chi connectivity index (χ1n) is 9.23. The van der Waals surface area contributed by atoms with Gasteiger partial charge in [-0.25, -0.2) is 4.98 Å². The van der Waals surface area contributed by atoms with Crippen molar-refractivity contribution in [1.82, 2.24) is 19.9 Å². The van der Waals surface area contributed by atoms with Crippen molar-refractivity contribution in [2.45, 2.75) is 25.8 Å². The second-order valence-corrected chi connectivity index (χ2v) is 7.20. The zero-order valence-electron chi connectivity index (χ0n) is 14.6. The highest BCUT2D eigenvalue weighted by Crippen LogP contribution is 2.33. The van der Waals surface area contributed by atoms with Crippen molar-refractivity contribution in [3.63, 3.8) is 0 Å². The Bertz CT molecular complexity index is 683. The smallest absolute Gasteiger partial charge is 0.221 e. The number of nitrogens with two attached hydrogens (primary N) is 1. The van der Waals surface area contributed by atoms with Crippen molar-refractivity contribution in [2.75, 3.05) is 36.8 Å². The molecule has 0 radical (unpaired) electrons. The molecule has 2 saturated heterocycles. The van der Waals surface area contributed by atoms with Crippen LogP contribution in [-0.2, 0) is 6.54 Å². The van der Waals surface area contributed by atoms with Gasteiger partial charge in [-0.3, -0.25) is 9.88 Å². The molecule has 0 amide bonds. The van der Waals surface area contributed by atoms with Gasteiger partial charge in [0, 0.05) is 32.0 Å². The number of nitrogen functional groups attached to an aromatic ring is 1. The van der Waals surface area contributed by atoms with Crippen molar-refractivity contribution >= 4 is 11.8 Å². The molecule has 1 unspecified atom stereocenters. The third kappa shape index (κ3) is 3.90. The van der Waals surface area contributed by atoms with Crippen LogP contribution in [0, 0.1) is 11.8 Å². The van der Waals surface area contributed by atoms with Gasteiger partial charge in [-0.1, -0.05) is 6.07 Å². The number of likely N-dealkylation sites (tertiary alicyclic amines) is 1. The molecule has 6 nitrogen and oxygen atoms in total. The van der Waals surface area contributed by atoms with Crippen molar-refractivity contribution in [2.24, 2.45) is 11.8 Å². The zero-order chi connectivity index (χ0) is 17.1. The van der Waals surface area contributed by atoms with E-state index in [1.807, 2.05) is 18.3 Å². The van der Waals surface area contributed by atoms with Gasteiger partial charge in [0.2, 0.25) is 5.95 Å². The van der Waals surface area contributed by atoms with E-state index in [2.05, 4.69) is 36.9 Å². The Labute approximate surface area is 149 Å². The molecule has 25 heavy (non-hydrogen) atoms. The Hall–Kier alpha value is -2.21. The molecular formula is C19H26N6. The van der Waals surface area contributed by atoms with Crippen molar-refractivity contribution in [3.05, 3.63) is 42.4 Å². The molecule has 2 aliphatic heterocycles. The van der Waals surface area contributed by atoms with Crippen molar-refractivity contribution < 1.29 is 0 Å². The molecule has 0 aliphatic carbocycles. The van der Waals surface area contributed by atoms with Gasteiger partial charge in [0.15, 0.2) is 0 Å². The topological polar surface area (TPSA) is 71.2 Å². The Balaban J connectivity index is 1.28. The summed E-state index contributed by atoms with van der Waals surface area (Å²) in [7, 11) is 0. The fourth-order valence-electron chi connectivity index (χ4n) is 4.22. The summed E-state index contributed by atoms with van der Waals surface area (Å²) in [6, 6.07) is 8.14. The first-order valence-corrected chi connectivity index (χ1v) is 9.23. The fraction of sp³-hybridized carbons (Fsp3) is 0.526. The standard InChI is InChI=1S/C19H26N6/c20-19-22-9-4-18(23-19)25-12-7-16(13-25)15-5-10-24(11-6-15)14-17-3-1-2-8-21-17/h1-4,8-9,15-16H,5-7,10-14H2,(H2,20,22,23). The van der Waals surface area contributed by atoms with E-state index in [0.29, 0.717) is 5.95 Å². The predicted molar refractivity (Wildman–Crippen MR) is 99.0 cm³/mol. The van der Waals surface area contributed by atoms with E-state index in [-0.39, 0.29) is 0 Å². The van der Waals surface area contributed by atoms with Crippen LogP contribution in [0.15, 0.2) is 36.7 Å². The maximum Gasteiger partial charge on any atom is 0.221 e. The zero-order valence-corrected chi connectivity index (χ0v) is 14.6. The lowest BCUT2D eigenvalue weighted by atomic mass is 9.84. The molecule has 132 valence electrons. The highest BCUT2D eigenvalue weighted by atomic mass is 15.2. The number of rotatable bonds is 4. The highest BCUT2D eigenvalue weighted by Gasteiger charge is 2.32. The Morgan fingerprint density at radius 2 is 1.80 bits per heavy atom. The number of pyridine rings is 1. The molecule has 0 spiro atoms. The van der Waals surface area contributed by atoms with E-state index in [9.17, 15) is 0 Å². The van der Waals surface area contributed by atoms with Crippen LogP contribution < -0.4 is 10.6 Å². The molecule has 2 aromatic rings. The second-order valence-electron chi connectivity index (χ2n) is 7.20. The molecule has 0 aromatic carbocycles. The first kappa shape index (κ1) is 16.3. The fourth-order valence-corrected chi connectivity index (χ4v) is 4.22. The average Bonchev–Trinajstić information content (AvgIpc) is 3.13. The van der Waals surface area contributed by atoms with Gasteiger partial charge in [-0.2, -0.15) is 4.98 Å². The molecule has 0 bridgehead atoms. The Morgan fingerprint density at radius 3 is 2.56 bits per heavy atom. The third-order valence-corrected chi connectivity index (χ3v) is 5.62. The maximum atomic E-state index is 5.72. The predicted octanol–water partition coefficient (Wildman–Crippen LogP) is 2.19. The van der Waals surface area contributed by atoms with Crippen LogP contribution in [0.3, 0.4) is 0 Å². The van der Waals surface area contributed by atoms with Gasteiger partial charge in [-0.05, 0) is 62.4 Å². The van der Waals surface area contributed by atoms with E-state index in [1.54, 1.807) is 6.20 Å². The lowest BCUT2D eigenvalue weighted by Gasteiger charge is -2.34. The SMILES string of the molecule is Nc1nccc(N2CCC(C3CCN(Cc4ccccn4)CC3)C2)n1. The number of aromatic nitrogens is 3. The van der Waals surface area contributed by atoms with Crippen LogP contribution in [0.25, 0.3) is 0 Å². The van der Waals surface area contributed by atoms with Crippen molar-refractivity contribution in [1.29, 1.82) is 0 Å². The quantitative estimate of drug-likeness (QED) is 0.921. The number of hydrogen-bond acceptors (Lipinski definition) is 6. The molecule has 6 heteroatoms. The number of hydrogen-bond donors (Lipinski definition) is 1. The van der Waals surface area contributed by atoms with Crippen LogP contribution in [0.2, 0.25) is 0 Å². The molecule has 2 aromatic heterocycles. The summed E-state index contributed by atoms with van der Waals surface area (Å²) in [4.78, 5) is 17.7. The molecule has 4 heterocycles. The number of piperidine rings is 1. The van der Waals surface area contributed by atoms with Gasteiger partial charge in [0.05, 0.1) is 5.69 Å². The van der Waals surface area contributed by atoms with Gasteiger partial charge < -0.3 is 10.6 Å². The van der Waals surface area contributed by atoms with Crippen molar-refractivity contribution in [3.8, 4) is 0 Å². The minimum Gasteiger partial charge on any atom is -0.368 e. The van der Waals surface area contributed by atoms with Crippen LogP contribution in [-0.4, -0.2) is 46.0 Å². The molecule has 2 N–H and O–H groups in total. The van der Waals surface area contributed by atoms with E-state index < -0.39 is 0 Å². The second kappa shape index (κ2) is 7.35. The van der Waals surface area contributed by atoms with E-state index in [4.69, 9.17) is 5.73 Å². The summed E-state index contributed by atoms with van der Waals surface area (Å²) in [5.74, 6) is 2.93. The van der Waals surface area contributed by atoms with Gasteiger partial charge >= 0.3 is 0 Å². The number of nitrogens with zero attached hydrogens (tertiary/aromatic N) is 5. The van der Waals surface area contributed by atoms with E-state index in [0.717, 1.165) is 37.3 Å². The molecular weight excluding hydrogens is 312 g/mol. The summed E-state index contributed by atoms with van der Waals surface area (Å²) in [5, 5.41) is 0. The highest BCUT2D eigenvalue weighted by molar-refractivity contribution is 5.42. The molecule has 1 atom stereocenters. The molecule has 0 saturated carbocycles. The largest absolute Gasteiger partial charge is 0.368 e. The van der Waals surface area contributed by atoms with Gasteiger partial charge in [-0.15, -0.1) is 0 Å². The Morgan fingerprint density at radius 1 is 0.960 bits per heavy atom. The van der Waals surface area contributed by atoms with Crippen LogP contribution >= 0.6 is 0 Å². The monoisotopic (exact) mass is 338 g/mol. The lowest BCUT2D eigenvalue weighted by molar-refractivity contribution is 0.146. The first-order chi connectivity index (χ1) is 12.3. The minimum atomic E-state index is 0.365. The van der Waals surface area contributed by atoms with Gasteiger partial charge in [0.25, 0.3) is 0 Å². The third-order valence-electron chi connectivity index (χ3n) is 5.62. The lowest BCUT2D eigenvalue weighted by Crippen LogP contribution is -2.36. The number of anilines is 2. The normalized spacial score (nSPS) is 22.4. The molecule has 4 rings (SSSR count). The van der Waals surface area contributed by atoms with E-state index >= 15 is 0 Å². The summed E-state index contributed by atoms with van der Waals surface area (Å²) in [6.45, 7) is 5.51. The summed E-state index contributed by atoms with van der Waals surface area (Å²) in [6.07, 6.45) is 7.47. The van der Waals surface area contributed by atoms with Crippen LogP contribution in [0.4, 0.5) is 11.8 Å². The van der Waals surface area contributed by atoms with Crippen LogP contribution in [0.5, 0.6) is 0 Å². The summed E-state index contributed by atoms with van der Waals surface area (Å²) in [5.41, 5.74) is 6.90. The summed E-state index contributed by atoms with van der Waals surface area (Å²) < 4.78 is 0. The molecule has 2 aliphatic rings. The molecule has 2 fully saturated rings. The summed E-state index contributed by atoms with van der Waals surface area (Å²) >= 11 is 0. The average molecular weight is 338 g/mol. The van der Waals surface area contributed by atoms with Gasteiger partial charge in [0.1, 0.15) is 5.82 Å². The van der Waals surface area contributed by atoms with E-state index in [1.165, 1.54) is 38.0 Å². The minimum absolute atomic E-state index is 0.365.